The number of carbonyl (C=O) groups excluding carboxylic acids is 2. The molecule has 0 bridgehead atoms. The second-order valence-corrected chi connectivity index (χ2v) is 17.4. The molecule has 60 heavy (non-hydrogen) atoms. The van der Waals surface area contributed by atoms with Gasteiger partial charge in [-0.2, -0.15) is 5.01 Å². The molecule has 1 aliphatic heterocycles. The first-order valence-corrected chi connectivity index (χ1v) is 23.0. The van der Waals surface area contributed by atoms with Gasteiger partial charge in [0.25, 0.3) is 11.8 Å². The van der Waals surface area contributed by atoms with Gasteiger partial charge in [0.2, 0.25) is 0 Å². The topological polar surface area (TPSA) is 103 Å². The molecule has 1 aliphatic rings. The van der Waals surface area contributed by atoms with Gasteiger partial charge in [-0.3, -0.25) is 19.5 Å². The molecule has 0 saturated carbocycles. The van der Waals surface area contributed by atoms with Crippen LogP contribution in [0.2, 0.25) is 15.1 Å². The number of azo groups is 1. The van der Waals surface area contributed by atoms with E-state index in [4.69, 9.17) is 46.4 Å². The number of imide groups is 1. The fourth-order valence-corrected chi connectivity index (χ4v) is 9.03. The monoisotopic (exact) mass is 890 g/mol. The van der Waals surface area contributed by atoms with Crippen molar-refractivity contribution in [3.63, 3.8) is 0 Å². The highest BCUT2D eigenvalue weighted by atomic mass is 35.5. The van der Waals surface area contributed by atoms with Crippen LogP contribution < -0.4 is 10.6 Å². The lowest BCUT2D eigenvalue weighted by molar-refractivity contribution is -0.138. The van der Waals surface area contributed by atoms with Crippen molar-refractivity contribution in [3.8, 4) is 5.69 Å². The second kappa shape index (κ2) is 22.6. The zero-order chi connectivity index (χ0) is 42.4. The third-order valence-electron chi connectivity index (χ3n) is 11.0. The molecule has 0 spiro atoms. The number of hydrogen-bond acceptors (Lipinski definition) is 6. The first-order valence-electron chi connectivity index (χ1n) is 21.5. The molecule has 318 valence electrons. The molecular weight excluding hydrogens is 838 g/mol. The molecule has 6 rings (SSSR count). The van der Waals surface area contributed by atoms with E-state index in [1.54, 1.807) is 12.1 Å². The van der Waals surface area contributed by atoms with Gasteiger partial charge < -0.3 is 0 Å². The highest BCUT2D eigenvalue weighted by Gasteiger charge is 2.44. The fraction of sp³-hybridized carbons (Fsp3) is 0.426. The van der Waals surface area contributed by atoms with E-state index in [2.05, 4.69) is 22.3 Å². The Balaban J connectivity index is 1.21. The number of hydrazine groups is 1. The number of aromatic amines is 1. The van der Waals surface area contributed by atoms with Gasteiger partial charge in [0.05, 0.1) is 27.8 Å². The van der Waals surface area contributed by atoms with Gasteiger partial charge >= 0.3 is 5.56 Å². The molecule has 0 aliphatic carbocycles. The highest BCUT2D eigenvalue weighted by Crippen LogP contribution is 2.39. The van der Waals surface area contributed by atoms with Gasteiger partial charge in [0.1, 0.15) is 11.1 Å². The molecule has 1 atom stereocenters. The van der Waals surface area contributed by atoms with Crippen LogP contribution in [0.4, 0.5) is 22.9 Å². The van der Waals surface area contributed by atoms with E-state index in [0.717, 1.165) is 45.3 Å². The summed E-state index contributed by atoms with van der Waals surface area (Å²) in [6.45, 7) is 2.27. The number of anilines is 2. The molecule has 1 unspecified atom stereocenters. The van der Waals surface area contributed by atoms with E-state index >= 15 is 0 Å². The number of nitrogens with zero attached hydrogens (tertiary/aromatic N) is 5. The zero-order valence-electron chi connectivity index (χ0n) is 34.3. The average Bonchev–Trinajstić information content (AvgIpc) is 3.68. The lowest BCUT2D eigenvalue weighted by atomic mass is 10.0. The van der Waals surface area contributed by atoms with Crippen molar-refractivity contribution in [3.05, 3.63) is 110 Å². The molecule has 0 radical (unpaired) electrons. The molecule has 1 fully saturated rings. The number of benzene rings is 4. The largest absolute Gasteiger partial charge is 0.301 e. The Labute approximate surface area is 373 Å². The first-order chi connectivity index (χ1) is 29.2. The molecule has 5 aromatic rings. The van der Waals surface area contributed by atoms with Gasteiger partial charge in [0, 0.05) is 10.4 Å². The molecule has 1 saturated heterocycles. The highest BCUT2D eigenvalue weighted by molar-refractivity contribution is 6.40. The van der Waals surface area contributed by atoms with Crippen molar-refractivity contribution in [1.29, 1.82) is 0 Å². The summed E-state index contributed by atoms with van der Waals surface area (Å²) < 4.78 is 1.12. The summed E-state index contributed by atoms with van der Waals surface area (Å²) in [7, 11) is 0. The number of hydrogen-bond donors (Lipinski definition) is 1. The van der Waals surface area contributed by atoms with Gasteiger partial charge in [0.15, 0.2) is 11.5 Å². The average molecular weight is 893 g/mol. The summed E-state index contributed by atoms with van der Waals surface area (Å²) in [6, 6.07) is 23.8. The Morgan fingerprint density at radius 2 is 1.28 bits per heavy atom. The summed E-state index contributed by atoms with van der Waals surface area (Å²) in [6.07, 6.45) is 21.3. The van der Waals surface area contributed by atoms with Crippen molar-refractivity contribution in [2.75, 3.05) is 5.01 Å². The fourth-order valence-electron chi connectivity index (χ4n) is 7.82. The quantitative estimate of drug-likeness (QED) is 0.0305. The third kappa shape index (κ3) is 11.6. The normalized spacial score (nSPS) is 14.3. The molecule has 13 heteroatoms. The Morgan fingerprint density at radius 1 is 0.700 bits per heavy atom. The van der Waals surface area contributed by atoms with E-state index in [1.165, 1.54) is 107 Å². The predicted octanol–water partition coefficient (Wildman–Crippen LogP) is 14.9. The van der Waals surface area contributed by atoms with E-state index < -0.39 is 22.8 Å². The Morgan fingerprint density at radius 3 is 1.90 bits per heavy atom. The number of rotatable bonds is 23. The van der Waals surface area contributed by atoms with Crippen LogP contribution in [0.25, 0.3) is 16.5 Å². The minimum atomic E-state index is -1.09. The minimum absolute atomic E-state index is 0.0157. The maximum atomic E-state index is 14.5. The summed E-state index contributed by atoms with van der Waals surface area (Å²) in [5.41, 5.74) is 1.18. The number of halogens is 4. The Hall–Kier alpha value is -4.15. The van der Waals surface area contributed by atoms with Crippen LogP contribution in [-0.2, 0) is 16.0 Å². The van der Waals surface area contributed by atoms with Crippen molar-refractivity contribution < 1.29 is 9.59 Å². The molecule has 9 nitrogen and oxygen atoms in total. The number of nitrogens with one attached hydrogen (secondary N) is 1. The van der Waals surface area contributed by atoms with Gasteiger partial charge in [-0.25, -0.2) is 9.69 Å². The van der Waals surface area contributed by atoms with Crippen LogP contribution in [-0.4, -0.2) is 32.0 Å². The first kappa shape index (κ1) is 45.4. The van der Waals surface area contributed by atoms with Crippen molar-refractivity contribution in [2.45, 2.75) is 128 Å². The lowest BCUT2D eigenvalue weighted by Gasteiger charge is -2.31. The second-order valence-electron chi connectivity index (χ2n) is 15.6. The molecule has 1 aromatic heterocycles. The maximum absolute atomic E-state index is 14.5. The summed E-state index contributed by atoms with van der Waals surface area (Å²) in [5, 5.41) is 15.5. The van der Waals surface area contributed by atoms with Crippen LogP contribution in [0, 0.1) is 0 Å². The van der Waals surface area contributed by atoms with Crippen LogP contribution in [0.3, 0.4) is 0 Å². The standard InChI is InChI=1S/C47H54Cl4N6O3/c1-2-3-4-5-6-7-8-9-10-11-12-13-14-15-16-17-22-33-23-20-26-36(29-33)56(57-42(58)32-40(51)46(57)59)45-43(53-52-41-28-21-25-34-24-18-19-27-37(34)41)47(60)55(54-45)44-38(49)30-35(48)31-39(44)50/h18-21,23-31,40,54H,2-17,22,32H2,1H3. The smallest absolute Gasteiger partial charge is 0.272 e. The van der Waals surface area contributed by atoms with E-state index in [9.17, 15) is 14.4 Å². The van der Waals surface area contributed by atoms with Crippen LogP contribution in [0.15, 0.2) is 93.9 Å². The van der Waals surface area contributed by atoms with Gasteiger partial charge in [-0.05, 0) is 54.1 Å². The van der Waals surface area contributed by atoms with Crippen molar-refractivity contribution in [2.24, 2.45) is 10.2 Å². The number of H-pyrrole nitrogens is 1. The zero-order valence-corrected chi connectivity index (χ0v) is 37.3. The van der Waals surface area contributed by atoms with Crippen molar-refractivity contribution >= 4 is 91.9 Å². The molecule has 2 heterocycles. The number of aromatic nitrogens is 2. The van der Waals surface area contributed by atoms with E-state index in [0.29, 0.717) is 11.4 Å². The molecule has 1 N–H and O–H groups in total. The number of aryl methyl sites for hydroxylation is 1. The van der Waals surface area contributed by atoms with E-state index in [1.807, 2.05) is 54.6 Å². The predicted molar refractivity (Wildman–Crippen MR) is 247 cm³/mol. The maximum Gasteiger partial charge on any atom is 0.301 e. The lowest BCUT2D eigenvalue weighted by Crippen LogP contribution is -2.44. The molecular formula is C47H54Cl4N6O3. The summed E-state index contributed by atoms with van der Waals surface area (Å²) in [5.74, 6) is -1.20. The summed E-state index contributed by atoms with van der Waals surface area (Å²) in [4.78, 5) is 41.8. The number of unbranched alkanes of at least 4 members (excludes halogenated alkanes) is 15. The number of fused-ring (bicyclic) bond motifs is 1. The third-order valence-corrected chi connectivity index (χ3v) is 12.2. The number of amides is 2. The van der Waals surface area contributed by atoms with E-state index in [-0.39, 0.29) is 38.7 Å². The number of alkyl halides is 1. The minimum Gasteiger partial charge on any atom is -0.272 e. The van der Waals surface area contributed by atoms with Crippen LogP contribution in [0.5, 0.6) is 0 Å². The van der Waals surface area contributed by atoms with Gasteiger partial charge in [-0.1, -0.05) is 187 Å². The Kier molecular flexibility index (Phi) is 17.1. The van der Waals surface area contributed by atoms with Crippen molar-refractivity contribution in [1.82, 2.24) is 14.8 Å². The molecule has 4 aromatic carbocycles. The Bertz CT molecular complexity index is 2300. The molecule has 2 amide bonds. The van der Waals surface area contributed by atoms with Crippen LogP contribution >= 0.6 is 46.4 Å². The van der Waals surface area contributed by atoms with Gasteiger partial charge in [-0.15, -0.1) is 21.8 Å². The summed E-state index contributed by atoms with van der Waals surface area (Å²) >= 11 is 25.9. The van der Waals surface area contributed by atoms with Crippen LogP contribution in [0.1, 0.15) is 122 Å². The number of carbonyl (C=O) groups is 2. The SMILES string of the molecule is CCCCCCCCCCCCCCCCCCc1cccc(N(c2[nH]n(-c3c(Cl)cc(Cl)cc3Cl)c(=O)c2N=Nc2cccc3ccccc23)N2C(=O)CC(Cl)C2=O)c1.